The summed E-state index contributed by atoms with van der Waals surface area (Å²) in [6.45, 7) is 3.89. The largest absolute Gasteiger partial charge is 0.342 e. The second-order valence-corrected chi connectivity index (χ2v) is 6.34. The van der Waals surface area contributed by atoms with Gasteiger partial charge in [-0.05, 0) is 44.1 Å². The molecular weight excluding hydrogens is 224 g/mol. The van der Waals surface area contributed by atoms with E-state index in [-0.39, 0.29) is 5.91 Å². The van der Waals surface area contributed by atoms with Crippen molar-refractivity contribution in [2.24, 2.45) is 11.8 Å². The van der Waals surface area contributed by atoms with Crippen LogP contribution < -0.4 is 5.32 Å². The van der Waals surface area contributed by atoms with Crippen molar-refractivity contribution < 1.29 is 4.79 Å². The van der Waals surface area contributed by atoms with Crippen molar-refractivity contribution in [3.8, 4) is 0 Å². The van der Waals surface area contributed by atoms with Gasteiger partial charge in [0.25, 0.3) is 0 Å². The van der Waals surface area contributed by atoms with Gasteiger partial charge in [-0.25, -0.2) is 0 Å². The van der Waals surface area contributed by atoms with Crippen LogP contribution in [0.15, 0.2) is 0 Å². The first kappa shape index (κ1) is 13.9. The third-order valence-corrected chi connectivity index (χ3v) is 4.54. The van der Waals surface area contributed by atoms with Crippen LogP contribution in [0.25, 0.3) is 0 Å². The summed E-state index contributed by atoms with van der Waals surface area (Å²) in [6.07, 6.45) is 9.22. The fourth-order valence-electron chi connectivity index (χ4n) is 3.11. The van der Waals surface area contributed by atoms with E-state index in [2.05, 4.69) is 12.2 Å². The summed E-state index contributed by atoms with van der Waals surface area (Å²) in [7, 11) is 1.94. The van der Waals surface area contributed by atoms with Crippen molar-refractivity contribution in [1.82, 2.24) is 10.2 Å². The number of amides is 1. The molecule has 2 saturated carbocycles. The molecular formula is C15H28N2O. The van der Waals surface area contributed by atoms with Crippen LogP contribution in [0, 0.1) is 11.8 Å². The van der Waals surface area contributed by atoms with E-state index in [0.29, 0.717) is 12.6 Å². The molecule has 0 aliphatic heterocycles. The normalized spacial score (nSPS) is 28.1. The van der Waals surface area contributed by atoms with Crippen molar-refractivity contribution in [3.05, 3.63) is 0 Å². The minimum atomic E-state index is 0.259. The summed E-state index contributed by atoms with van der Waals surface area (Å²) in [6, 6.07) is 0.540. The van der Waals surface area contributed by atoms with Crippen LogP contribution in [0.3, 0.4) is 0 Å². The molecule has 3 nitrogen and oxygen atoms in total. The molecule has 2 unspecified atom stereocenters. The molecule has 0 aromatic rings. The lowest BCUT2D eigenvalue weighted by atomic mass is 9.81. The van der Waals surface area contributed by atoms with E-state index in [0.717, 1.165) is 18.4 Å². The zero-order valence-corrected chi connectivity index (χ0v) is 12.0. The first-order chi connectivity index (χ1) is 8.66. The average Bonchev–Trinajstić information content (AvgIpc) is 3.17. The second kappa shape index (κ2) is 6.55. The Morgan fingerprint density at radius 1 is 1.28 bits per heavy atom. The number of carbonyl (C=O) groups is 1. The molecule has 2 fully saturated rings. The third-order valence-electron chi connectivity index (χ3n) is 4.54. The Labute approximate surface area is 111 Å². The number of hydrogen-bond acceptors (Lipinski definition) is 2. The van der Waals surface area contributed by atoms with Gasteiger partial charge in [-0.15, -0.1) is 0 Å². The molecule has 1 amide bonds. The molecule has 18 heavy (non-hydrogen) atoms. The molecule has 0 radical (unpaired) electrons. The first-order valence-electron chi connectivity index (χ1n) is 7.63. The van der Waals surface area contributed by atoms with Gasteiger partial charge in [0.1, 0.15) is 0 Å². The Kier molecular flexibility index (Phi) is 5.04. The van der Waals surface area contributed by atoms with Crippen molar-refractivity contribution in [1.29, 1.82) is 0 Å². The summed E-state index contributed by atoms with van der Waals surface area (Å²) >= 11 is 0. The van der Waals surface area contributed by atoms with Crippen LogP contribution >= 0.6 is 0 Å². The second-order valence-electron chi connectivity index (χ2n) is 6.34. The van der Waals surface area contributed by atoms with Crippen molar-refractivity contribution in [3.63, 3.8) is 0 Å². The number of nitrogens with zero attached hydrogens (tertiary/aromatic N) is 1. The molecule has 0 spiro atoms. The minimum Gasteiger partial charge on any atom is -0.342 e. The number of nitrogens with one attached hydrogen (secondary N) is 1. The maximum atomic E-state index is 11.8. The quantitative estimate of drug-likeness (QED) is 0.736. The molecule has 3 heteroatoms. The third kappa shape index (κ3) is 4.27. The molecule has 0 aromatic heterocycles. The molecule has 104 valence electrons. The zero-order chi connectivity index (χ0) is 13.0. The number of hydrogen-bond donors (Lipinski definition) is 1. The molecule has 0 heterocycles. The number of likely N-dealkylation sites (N-methyl/N-ethyl adjacent to an activating group) is 1. The lowest BCUT2D eigenvalue weighted by molar-refractivity contribution is -0.129. The van der Waals surface area contributed by atoms with Crippen LogP contribution in [0.5, 0.6) is 0 Å². The Hall–Kier alpha value is -0.570. The van der Waals surface area contributed by atoms with E-state index < -0.39 is 0 Å². The summed E-state index contributed by atoms with van der Waals surface area (Å²) in [5, 5.41) is 3.32. The Morgan fingerprint density at radius 3 is 2.72 bits per heavy atom. The number of rotatable bonds is 6. The van der Waals surface area contributed by atoms with Crippen molar-refractivity contribution in [2.75, 3.05) is 20.1 Å². The molecule has 0 aromatic carbocycles. The van der Waals surface area contributed by atoms with E-state index in [1.54, 1.807) is 0 Å². The monoisotopic (exact) mass is 252 g/mol. The van der Waals surface area contributed by atoms with Crippen LogP contribution in [0.1, 0.15) is 51.9 Å². The maximum absolute atomic E-state index is 11.8. The molecule has 1 N–H and O–H groups in total. The van der Waals surface area contributed by atoms with Gasteiger partial charge >= 0.3 is 0 Å². The highest BCUT2D eigenvalue weighted by Gasteiger charge is 2.29. The van der Waals surface area contributed by atoms with Crippen LogP contribution in [-0.2, 0) is 4.79 Å². The fraction of sp³-hybridized carbons (Fsp3) is 0.933. The summed E-state index contributed by atoms with van der Waals surface area (Å²) in [5.74, 6) is 2.05. The first-order valence-corrected chi connectivity index (χ1v) is 7.63. The Morgan fingerprint density at radius 2 is 2.06 bits per heavy atom. The summed E-state index contributed by atoms with van der Waals surface area (Å²) < 4.78 is 0. The predicted molar refractivity (Wildman–Crippen MR) is 74.4 cm³/mol. The molecule has 2 aliphatic rings. The van der Waals surface area contributed by atoms with Crippen molar-refractivity contribution >= 4 is 5.91 Å². The van der Waals surface area contributed by atoms with E-state index in [9.17, 15) is 4.79 Å². The van der Waals surface area contributed by atoms with Gasteiger partial charge in [0.05, 0.1) is 6.54 Å². The highest BCUT2D eigenvalue weighted by atomic mass is 16.2. The minimum absolute atomic E-state index is 0.259. The Balaban J connectivity index is 1.53. The van der Waals surface area contributed by atoms with Gasteiger partial charge in [0.15, 0.2) is 0 Å². The summed E-state index contributed by atoms with van der Waals surface area (Å²) in [5.41, 5.74) is 0. The highest BCUT2D eigenvalue weighted by Crippen LogP contribution is 2.30. The van der Waals surface area contributed by atoms with Crippen LogP contribution in [-0.4, -0.2) is 37.0 Å². The molecule has 0 bridgehead atoms. The lowest BCUT2D eigenvalue weighted by Gasteiger charge is -2.26. The standard InChI is InChI=1S/C15H28N2O/c1-12-4-3-5-13(10-12)8-9-16-11-15(18)17(2)14-6-7-14/h12-14,16H,3-11H2,1-2H3. The van der Waals surface area contributed by atoms with Gasteiger partial charge < -0.3 is 10.2 Å². The van der Waals surface area contributed by atoms with Crippen LogP contribution in [0.4, 0.5) is 0 Å². The topological polar surface area (TPSA) is 32.3 Å². The van der Waals surface area contributed by atoms with Crippen molar-refractivity contribution in [2.45, 2.75) is 57.9 Å². The van der Waals surface area contributed by atoms with E-state index in [1.165, 1.54) is 44.9 Å². The van der Waals surface area contributed by atoms with E-state index in [1.807, 2.05) is 11.9 Å². The fourth-order valence-corrected chi connectivity index (χ4v) is 3.11. The van der Waals surface area contributed by atoms with E-state index >= 15 is 0 Å². The zero-order valence-electron chi connectivity index (χ0n) is 12.0. The number of carbonyl (C=O) groups excluding carboxylic acids is 1. The van der Waals surface area contributed by atoms with Crippen LogP contribution in [0.2, 0.25) is 0 Å². The van der Waals surface area contributed by atoms with Gasteiger partial charge in [-0.1, -0.05) is 26.2 Å². The maximum Gasteiger partial charge on any atom is 0.236 e. The predicted octanol–water partition coefficient (Wildman–Crippen LogP) is 2.41. The smallest absolute Gasteiger partial charge is 0.236 e. The molecule has 0 saturated heterocycles. The SMILES string of the molecule is CC1CCCC(CCNCC(=O)N(C)C2CC2)C1. The van der Waals surface area contributed by atoms with Gasteiger partial charge in [0.2, 0.25) is 5.91 Å². The van der Waals surface area contributed by atoms with Gasteiger partial charge in [-0.2, -0.15) is 0 Å². The molecule has 2 rings (SSSR count). The van der Waals surface area contributed by atoms with Gasteiger partial charge in [-0.3, -0.25) is 4.79 Å². The van der Waals surface area contributed by atoms with Gasteiger partial charge in [0, 0.05) is 13.1 Å². The van der Waals surface area contributed by atoms with E-state index in [4.69, 9.17) is 0 Å². The Bertz CT molecular complexity index is 276. The molecule has 2 atom stereocenters. The summed E-state index contributed by atoms with van der Waals surface area (Å²) in [4.78, 5) is 13.7. The molecule has 2 aliphatic carbocycles. The lowest BCUT2D eigenvalue weighted by Crippen LogP contribution is -2.37. The average molecular weight is 252 g/mol. The highest BCUT2D eigenvalue weighted by molar-refractivity contribution is 5.78.